The third kappa shape index (κ3) is 3.69. The number of nitrogens with one attached hydrogen (secondary N) is 1. The first-order valence-electron chi connectivity index (χ1n) is 8.82. The first kappa shape index (κ1) is 16.7. The summed E-state index contributed by atoms with van der Waals surface area (Å²) in [7, 11) is 0. The van der Waals surface area contributed by atoms with E-state index in [1.807, 2.05) is 13.0 Å². The van der Waals surface area contributed by atoms with Crippen LogP contribution in [0.2, 0.25) is 0 Å². The van der Waals surface area contributed by atoms with Gasteiger partial charge >= 0.3 is 0 Å². The molecule has 0 radical (unpaired) electrons. The lowest BCUT2D eigenvalue weighted by Crippen LogP contribution is -2.41. The summed E-state index contributed by atoms with van der Waals surface area (Å²) in [5.41, 5.74) is 0.0813. The summed E-state index contributed by atoms with van der Waals surface area (Å²) in [6.07, 6.45) is 11.5. The maximum absolute atomic E-state index is 12.5. The van der Waals surface area contributed by atoms with Gasteiger partial charge in [0.2, 0.25) is 5.91 Å². The summed E-state index contributed by atoms with van der Waals surface area (Å²) in [6, 6.07) is 4.20. The van der Waals surface area contributed by atoms with Crippen molar-refractivity contribution in [1.82, 2.24) is 5.32 Å². The fraction of sp³-hybridized carbons (Fsp3) is 0.632. The van der Waals surface area contributed by atoms with Gasteiger partial charge in [-0.15, -0.1) is 11.3 Å². The van der Waals surface area contributed by atoms with Crippen molar-refractivity contribution >= 4 is 17.2 Å². The number of aliphatic hydroxyl groups excluding tert-OH is 1. The maximum atomic E-state index is 12.5. The number of allylic oxidation sites excluding steroid dienone is 2. The van der Waals surface area contributed by atoms with Crippen LogP contribution in [-0.4, -0.2) is 17.6 Å². The van der Waals surface area contributed by atoms with Crippen LogP contribution in [-0.2, 0) is 10.2 Å². The van der Waals surface area contributed by atoms with Crippen molar-refractivity contribution in [2.45, 2.75) is 63.4 Å². The van der Waals surface area contributed by atoms with Crippen molar-refractivity contribution < 1.29 is 9.90 Å². The SMILES string of the molecule is C[C@H](O)c1ccc(C2(CNC(=O)[C@@H]3CC=CCC3)CCCC2)s1. The van der Waals surface area contributed by atoms with Gasteiger partial charge in [-0.25, -0.2) is 0 Å². The van der Waals surface area contributed by atoms with Crippen molar-refractivity contribution in [2.75, 3.05) is 6.54 Å². The first-order chi connectivity index (χ1) is 11.1. The Morgan fingerprint density at radius 2 is 2.17 bits per heavy atom. The van der Waals surface area contributed by atoms with Crippen molar-refractivity contribution in [3.63, 3.8) is 0 Å². The fourth-order valence-electron chi connectivity index (χ4n) is 3.86. The van der Waals surface area contributed by atoms with Crippen molar-refractivity contribution in [3.8, 4) is 0 Å². The Kier molecular flexibility index (Phi) is 5.22. The van der Waals surface area contributed by atoms with Crippen molar-refractivity contribution in [2.24, 2.45) is 5.92 Å². The number of hydrogen-bond donors (Lipinski definition) is 2. The average Bonchev–Trinajstić information content (AvgIpc) is 3.23. The number of carbonyl (C=O) groups is 1. The molecular weight excluding hydrogens is 306 g/mol. The highest BCUT2D eigenvalue weighted by molar-refractivity contribution is 7.12. The molecular formula is C19H27NO2S. The molecule has 2 aliphatic carbocycles. The Hall–Kier alpha value is -1.13. The van der Waals surface area contributed by atoms with E-state index in [2.05, 4.69) is 23.5 Å². The van der Waals surface area contributed by atoms with E-state index in [0.717, 1.165) is 43.5 Å². The van der Waals surface area contributed by atoms with Crippen LogP contribution in [0.5, 0.6) is 0 Å². The smallest absolute Gasteiger partial charge is 0.223 e. The van der Waals surface area contributed by atoms with Crippen molar-refractivity contribution in [1.29, 1.82) is 0 Å². The monoisotopic (exact) mass is 333 g/mol. The normalized spacial score (nSPS) is 24.5. The van der Waals surface area contributed by atoms with E-state index in [1.54, 1.807) is 11.3 Å². The second-order valence-corrected chi connectivity index (χ2v) is 8.18. The molecule has 2 N–H and O–H groups in total. The number of rotatable bonds is 5. The summed E-state index contributed by atoms with van der Waals surface area (Å²) in [5, 5.41) is 13.0. The molecule has 2 aliphatic rings. The lowest BCUT2D eigenvalue weighted by molar-refractivity contribution is -0.125. The van der Waals surface area contributed by atoms with E-state index in [-0.39, 0.29) is 17.2 Å². The Bertz CT molecular complexity index is 570. The number of aliphatic hydroxyl groups is 1. The molecule has 1 heterocycles. The van der Waals surface area contributed by atoms with Crippen molar-refractivity contribution in [3.05, 3.63) is 34.0 Å². The third-order valence-electron chi connectivity index (χ3n) is 5.36. The molecule has 1 aromatic heterocycles. The van der Waals surface area contributed by atoms with Gasteiger partial charge in [0, 0.05) is 27.6 Å². The van der Waals surface area contributed by atoms with E-state index in [9.17, 15) is 9.90 Å². The zero-order valence-electron chi connectivity index (χ0n) is 13.9. The van der Waals surface area contributed by atoms with Gasteiger partial charge in [-0.1, -0.05) is 25.0 Å². The highest BCUT2D eigenvalue weighted by atomic mass is 32.1. The first-order valence-corrected chi connectivity index (χ1v) is 9.63. The van der Waals surface area contributed by atoms with Crippen LogP contribution in [0, 0.1) is 5.92 Å². The molecule has 126 valence electrons. The summed E-state index contributed by atoms with van der Waals surface area (Å²) in [4.78, 5) is 14.8. The quantitative estimate of drug-likeness (QED) is 0.798. The Morgan fingerprint density at radius 3 is 2.78 bits per heavy atom. The average molecular weight is 333 g/mol. The molecule has 0 spiro atoms. The highest BCUT2D eigenvalue weighted by Gasteiger charge is 2.37. The molecule has 1 aromatic rings. The molecule has 4 heteroatoms. The molecule has 1 amide bonds. The van der Waals surface area contributed by atoms with Crippen LogP contribution < -0.4 is 5.32 Å². The molecule has 1 saturated carbocycles. The van der Waals surface area contributed by atoms with Gasteiger partial charge in [0.05, 0.1) is 6.10 Å². The molecule has 3 rings (SSSR count). The van der Waals surface area contributed by atoms with Crippen LogP contribution in [0.25, 0.3) is 0 Å². The van der Waals surface area contributed by atoms with Gasteiger partial charge in [0.15, 0.2) is 0 Å². The molecule has 1 fully saturated rings. The van der Waals surface area contributed by atoms with Gasteiger partial charge in [0.1, 0.15) is 0 Å². The van der Waals surface area contributed by atoms with Gasteiger partial charge < -0.3 is 10.4 Å². The van der Waals surface area contributed by atoms with E-state index < -0.39 is 6.10 Å². The molecule has 0 saturated heterocycles. The zero-order valence-corrected chi connectivity index (χ0v) is 14.7. The van der Waals surface area contributed by atoms with Crippen LogP contribution in [0.15, 0.2) is 24.3 Å². The van der Waals surface area contributed by atoms with Gasteiger partial charge in [-0.2, -0.15) is 0 Å². The highest BCUT2D eigenvalue weighted by Crippen LogP contribution is 2.44. The lowest BCUT2D eigenvalue weighted by atomic mass is 9.84. The molecule has 0 bridgehead atoms. The van der Waals surface area contributed by atoms with E-state index in [1.165, 1.54) is 17.7 Å². The third-order valence-corrected chi connectivity index (χ3v) is 6.86. The van der Waals surface area contributed by atoms with E-state index in [4.69, 9.17) is 0 Å². The summed E-state index contributed by atoms with van der Waals surface area (Å²) >= 11 is 1.71. The van der Waals surface area contributed by atoms with Crippen LogP contribution in [0.3, 0.4) is 0 Å². The number of thiophene rings is 1. The summed E-state index contributed by atoms with van der Waals surface area (Å²) in [6.45, 7) is 2.56. The van der Waals surface area contributed by atoms with Crippen LogP contribution in [0.1, 0.15) is 67.7 Å². The minimum Gasteiger partial charge on any atom is -0.388 e. The van der Waals surface area contributed by atoms with Crippen LogP contribution >= 0.6 is 11.3 Å². The predicted molar refractivity (Wildman–Crippen MR) is 94.6 cm³/mol. The standard InChI is InChI=1S/C19H27NO2S/c1-14(21)16-9-10-17(23-16)19(11-5-6-12-19)13-20-18(22)15-7-3-2-4-8-15/h2-3,9-10,14-15,21H,4-8,11-13H2,1H3,(H,20,22)/t14-,15+/m0/s1. The zero-order chi connectivity index (χ0) is 16.3. The minimum atomic E-state index is -0.407. The van der Waals surface area contributed by atoms with Gasteiger partial charge in [-0.05, 0) is 51.2 Å². The predicted octanol–water partition coefficient (Wildman–Crippen LogP) is 4.09. The second-order valence-electron chi connectivity index (χ2n) is 7.06. The Labute approximate surface area is 142 Å². The largest absolute Gasteiger partial charge is 0.388 e. The van der Waals surface area contributed by atoms with E-state index >= 15 is 0 Å². The molecule has 2 atom stereocenters. The topological polar surface area (TPSA) is 49.3 Å². The number of amides is 1. The van der Waals surface area contributed by atoms with Gasteiger partial charge in [-0.3, -0.25) is 4.79 Å². The molecule has 0 unspecified atom stereocenters. The summed E-state index contributed by atoms with van der Waals surface area (Å²) < 4.78 is 0. The summed E-state index contributed by atoms with van der Waals surface area (Å²) in [5.74, 6) is 0.364. The second kappa shape index (κ2) is 7.18. The fourth-order valence-corrected chi connectivity index (χ4v) is 5.05. The van der Waals surface area contributed by atoms with E-state index in [0.29, 0.717) is 0 Å². The Morgan fingerprint density at radius 1 is 1.39 bits per heavy atom. The molecule has 0 aromatic carbocycles. The molecule has 3 nitrogen and oxygen atoms in total. The Balaban J connectivity index is 1.68. The lowest BCUT2D eigenvalue weighted by Gasteiger charge is -2.29. The number of carbonyl (C=O) groups excluding carboxylic acids is 1. The minimum absolute atomic E-state index is 0.0813. The van der Waals surface area contributed by atoms with Crippen LogP contribution in [0.4, 0.5) is 0 Å². The molecule has 0 aliphatic heterocycles. The van der Waals surface area contributed by atoms with Gasteiger partial charge in [0.25, 0.3) is 0 Å². The number of hydrogen-bond acceptors (Lipinski definition) is 3. The molecule has 23 heavy (non-hydrogen) atoms. The maximum Gasteiger partial charge on any atom is 0.223 e.